The van der Waals surface area contributed by atoms with Crippen LogP contribution in [0.4, 0.5) is 22.9 Å². The van der Waals surface area contributed by atoms with Crippen molar-refractivity contribution in [1.29, 1.82) is 5.26 Å². The first-order valence-electron chi connectivity index (χ1n) is 14.2. The Hall–Kier alpha value is -6.04. The summed E-state index contributed by atoms with van der Waals surface area (Å²) in [7, 11) is 0. The Morgan fingerprint density at radius 2 is 1.53 bits per heavy atom. The van der Waals surface area contributed by atoms with Crippen molar-refractivity contribution in [3.8, 4) is 11.9 Å². The van der Waals surface area contributed by atoms with Crippen LogP contribution in [0.2, 0.25) is 0 Å². The number of anilines is 2. The SMILES string of the molecule is CCOc1nc(C(C#N)=NNc2ccc(C3=NNC(=O)C[C@H]3C)cc2)nc(N)c1N=Nc1ccc(C2=NNC(=O)C[C@H]2C)cc1. The van der Waals surface area contributed by atoms with E-state index >= 15 is 0 Å². The first-order valence-corrected chi connectivity index (χ1v) is 14.2. The molecule has 2 amide bonds. The molecule has 15 nitrogen and oxygen atoms in total. The zero-order chi connectivity index (χ0) is 31.9. The molecule has 3 aromatic rings. The molecular weight excluding hydrogens is 576 g/mol. The number of hydrogen-bond acceptors (Lipinski definition) is 13. The quantitative estimate of drug-likeness (QED) is 0.158. The summed E-state index contributed by atoms with van der Waals surface area (Å²) in [5.74, 6) is -0.300. The van der Waals surface area contributed by atoms with Gasteiger partial charge in [-0.25, -0.2) is 15.8 Å². The van der Waals surface area contributed by atoms with E-state index in [1.54, 1.807) is 31.2 Å². The Labute approximate surface area is 258 Å². The lowest BCUT2D eigenvalue weighted by atomic mass is 9.94. The third-order valence-corrected chi connectivity index (χ3v) is 6.90. The lowest BCUT2D eigenvalue weighted by Gasteiger charge is -2.19. The van der Waals surface area contributed by atoms with Crippen LogP contribution < -0.4 is 26.7 Å². The molecule has 0 fully saturated rings. The number of carbonyl (C=O) groups excluding carboxylic acids is 2. The molecule has 0 radical (unpaired) electrons. The van der Waals surface area contributed by atoms with Crippen LogP contribution in [0.3, 0.4) is 0 Å². The maximum atomic E-state index is 11.6. The number of aromatic nitrogens is 2. The van der Waals surface area contributed by atoms with Crippen LogP contribution in [-0.2, 0) is 9.59 Å². The molecule has 2 aromatic carbocycles. The van der Waals surface area contributed by atoms with Crippen LogP contribution in [0.5, 0.6) is 5.88 Å². The molecule has 0 aliphatic carbocycles. The van der Waals surface area contributed by atoms with E-state index in [1.807, 2.05) is 44.2 Å². The molecule has 5 N–H and O–H groups in total. The van der Waals surface area contributed by atoms with Gasteiger partial charge in [-0.1, -0.05) is 38.1 Å². The van der Waals surface area contributed by atoms with E-state index < -0.39 is 0 Å². The number of rotatable bonds is 9. The number of nitriles is 1. The third kappa shape index (κ3) is 7.13. The van der Waals surface area contributed by atoms with Gasteiger partial charge in [-0.15, -0.1) is 5.11 Å². The highest BCUT2D eigenvalue weighted by Gasteiger charge is 2.23. The predicted octanol–water partition coefficient (Wildman–Crippen LogP) is 3.93. The standard InChI is InChI=1S/C30H30N12O3/c1-4-45-30-27(42-36-21-11-7-19(8-12-21)26-17(3)14-24(44)39-41-26)28(32)33-29(34-30)22(15-31)37-35-20-9-5-18(6-10-20)25-16(2)13-23(43)38-40-25/h5-12,16-17,35H,4,13-14H2,1-3H3,(H,38,43)(H,39,44)(H2,32,33,34)/t16-,17-/m1/s1. The topological polar surface area (TPSA) is 217 Å². The van der Waals surface area contributed by atoms with Gasteiger partial charge in [0.1, 0.15) is 6.07 Å². The van der Waals surface area contributed by atoms with Gasteiger partial charge in [0.05, 0.1) is 29.4 Å². The zero-order valence-electron chi connectivity index (χ0n) is 24.8. The number of ether oxygens (including phenoxy) is 1. The van der Waals surface area contributed by atoms with Gasteiger partial charge < -0.3 is 10.5 Å². The number of benzene rings is 2. The van der Waals surface area contributed by atoms with Crippen molar-refractivity contribution in [2.75, 3.05) is 17.8 Å². The van der Waals surface area contributed by atoms with Gasteiger partial charge in [0.15, 0.2) is 17.3 Å². The first-order chi connectivity index (χ1) is 21.7. The van der Waals surface area contributed by atoms with Crippen LogP contribution in [-0.4, -0.2) is 45.5 Å². The van der Waals surface area contributed by atoms with Crippen molar-refractivity contribution >= 4 is 51.8 Å². The van der Waals surface area contributed by atoms with Gasteiger partial charge in [0.25, 0.3) is 0 Å². The molecule has 228 valence electrons. The molecule has 0 saturated heterocycles. The Morgan fingerprint density at radius 1 is 0.956 bits per heavy atom. The number of hydrazone groups is 3. The summed E-state index contributed by atoms with van der Waals surface area (Å²) in [6, 6.07) is 16.4. The summed E-state index contributed by atoms with van der Waals surface area (Å²) in [6.45, 7) is 5.91. The van der Waals surface area contributed by atoms with E-state index in [0.29, 0.717) is 24.2 Å². The predicted molar refractivity (Wildman–Crippen MR) is 167 cm³/mol. The molecule has 2 aliphatic heterocycles. The average Bonchev–Trinajstić information content (AvgIpc) is 3.02. The Balaban J connectivity index is 1.32. The molecule has 0 unspecified atom stereocenters. The fraction of sp³-hybridized carbons (Fsp3) is 0.267. The molecule has 0 spiro atoms. The maximum absolute atomic E-state index is 11.6. The van der Waals surface area contributed by atoms with Crippen molar-refractivity contribution in [3.63, 3.8) is 0 Å². The number of nitrogens with one attached hydrogen (secondary N) is 3. The molecule has 3 heterocycles. The molecular formula is C30H30N12O3. The van der Waals surface area contributed by atoms with Gasteiger partial charge in [0, 0.05) is 24.7 Å². The summed E-state index contributed by atoms with van der Waals surface area (Å²) in [5, 5.41) is 30.8. The van der Waals surface area contributed by atoms with Crippen LogP contribution in [0.25, 0.3) is 0 Å². The normalized spacial score (nSPS) is 18.4. The second-order valence-corrected chi connectivity index (χ2v) is 10.3. The van der Waals surface area contributed by atoms with Crippen LogP contribution >= 0.6 is 0 Å². The summed E-state index contributed by atoms with van der Waals surface area (Å²) in [6.07, 6.45) is 0.740. The highest BCUT2D eigenvalue weighted by molar-refractivity contribution is 6.10. The Kier molecular flexibility index (Phi) is 9.13. The number of amides is 2. The van der Waals surface area contributed by atoms with E-state index in [2.05, 4.69) is 51.8 Å². The minimum atomic E-state index is -0.130. The summed E-state index contributed by atoms with van der Waals surface area (Å²) in [4.78, 5) is 31.7. The number of nitrogen functional groups attached to an aromatic ring is 1. The highest BCUT2D eigenvalue weighted by atomic mass is 16.5. The van der Waals surface area contributed by atoms with Crippen LogP contribution in [0.15, 0.2) is 74.1 Å². The van der Waals surface area contributed by atoms with Crippen LogP contribution in [0, 0.1) is 23.2 Å². The minimum Gasteiger partial charge on any atom is -0.476 e. The second-order valence-electron chi connectivity index (χ2n) is 10.3. The van der Waals surface area contributed by atoms with E-state index in [9.17, 15) is 14.9 Å². The molecule has 1 aromatic heterocycles. The number of nitrogens with two attached hydrogens (primary N) is 1. The minimum absolute atomic E-state index is 0.00887. The summed E-state index contributed by atoms with van der Waals surface area (Å²) >= 11 is 0. The molecule has 2 aliphatic rings. The molecule has 5 rings (SSSR count). The van der Waals surface area contributed by atoms with E-state index in [-0.39, 0.29) is 59.2 Å². The smallest absolute Gasteiger partial charge is 0.247 e. The van der Waals surface area contributed by atoms with Gasteiger partial charge in [-0.2, -0.15) is 30.7 Å². The van der Waals surface area contributed by atoms with Gasteiger partial charge >= 0.3 is 0 Å². The summed E-state index contributed by atoms with van der Waals surface area (Å²) in [5.41, 5.74) is 18.5. The molecule has 0 bridgehead atoms. The number of carbonyl (C=O) groups is 2. The lowest BCUT2D eigenvalue weighted by molar-refractivity contribution is -0.122. The van der Waals surface area contributed by atoms with Crippen molar-refractivity contribution in [1.82, 2.24) is 20.8 Å². The molecule has 0 saturated carbocycles. The Morgan fingerprint density at radius 3 is 2.07 bits per heavy atom. The maximum Gasteiger partial charge on any atom is 0.247 e. The third-order valence-electron chi connectivity index (χ3n) is 6.90. The highest BCUT2D eigenvalue weighted by Crippen LogP contribution is 2.33. The largest absolute Gasteiger partial charge is 0.476 e. The fourth-order valence-corrected chi connectivity index (χ4v) is 4.66. The van der Waals surface area contributed by atoms with Crippen LogP contribution in [0.1, 0.15) is 50.6 Å². The molecule has 15 heteroatoms. The number of hydrogen-bond donors (Lipinski definition) is 4. The van der Waals surface area contributed by atoms with E-state index in [1.165, 1.54) is 0 Å². The zero-order valence-corrected chi connectivity index (χ0v) is 24.8. The van der Waals surface area contributed by atoms with Crippen molar-refractivity contribution < 1.29 is 14.3 Å². The number of nitrogens with zero attached hydrogens (tertiary/aromatic N) is 8. The van der Waals surface area contributed by atoms with Gasteiger partial charge in [0.2, 0.25) is 23.4 Å². The first kappa shape index (κ1) is 30.4. The fourth-order valence-electron chi connectivity index (χ4n) is 4.66. The summed E-state index contributed by atoms with van der Waals surface area (Å²) < 4.78 is 5.65. The van der Waals surface area contributed by atoms with E-state index in [0.717, 1.165) is 22.6 Å². The van der Waals surface area contributed by atoms with Gasteiger partial charge in [-0.05, 0) is 42.3 Å². The lowest BCUT2D eigenvalue weighted by Crippen LogP contribution is -2.31. The number of azo groups is 1. The molecule has 45 heavy (non-hydrogen) atoms. The second kappa shape index (κ2) is 13.5. The van der Waals surface area contributed by atoms with Crippen molar-refractivity contribution in [3.05, 3.63) is 65.5 Å². The van der Waals surface area contributed by atoms with Crippen molar-refractivity contribution in [2.45, 2.75) is 33.6 Å². The van der Waals surface area contributed by atoms with Crippen molar-refractivity contribution in [2.24, 2.45) is 37.4 Å². The van der Waals surface area contributed by atoms with Gasteiger partial charge in [-0.3, -0.25) is 15.0 Å². The monoisotopic (exact) mass is 606 g/mol. The average molecular weight is 607 g/mol. The molecule has 2 atom stereocenters. The van der Waals surface area contributed by atoms with E-state index in [4.69, 9.17) is 10.5 Å². The Bertz CT molecular complexity index is 1770.